The molecule has 0 aromatic carbocycles. The van der Waals surface area contributed by atoms with Crippen LogP contribution in [0.25, 0.3) is 0 Å². The van der Waals surface area contributed by atoms with E-state index in [4.69, 9.17) is 0 Å². The number of hydrogen-bond acceptors (Lipinski definition) is 1. The molecule has 0 saturated heterocycles. The highest BCUT2D eigenvalue weighted by Gasteiger charge is 2.58. The fourth-order valence-electron chi connectivity index (χ4n) is 8.80. The van der Waals surface area contributed by atoms with Crippen molar-refractivity contribution in [3.63, 3.8) is 0 Å². The van der Waals surface area contributed by atoms with E-state index in [9.17, 15) is 5.11 Å². The first kappa shape index (κ1) is 22.6. The highest BCUT2D eigenvalue weighted by Crippen LogP contribution is 2.66. The molecule has 9 atom stereocenters. The molecule has 0 radical (unpaired) electrons. The molecule has 0 aromatic heterocycles. The van der Waals surface area contributed by atoms with E-state index in [1.54, 1.807) is 0 Å². The Labute approximate surface area is 186 Å². The van der Waals surface area contributed by atoms with Crippen LogP contribution < -0.4 is 0 Å². The van der Waals surface area contributed by atoms with E-state index in [2.05, 4.69) is 59.8 Å². The first-order chi connectivity index (χ1) is 14.2. The van der Waals surface area contributed by atoms with Crippen molar-refractivity contribution in [3.05, 3.63) is 23.8 Å². The Morgan fingerprint density at radius 2 is 1.77 bits per heavy atom. The second kappa shape index (κ2) is 8.42. The number of aliphatic hydroxyl groups excluding tert-OH is 1. The van der Waals surface area contributed by atoms with Gasteiger partial charge in [0.1, 0.15) is 0 Å². The van der Waals surface area contributed by atoms with Crippen LogP contribution in [0.1, 0.15) is 99.3 Å². The molecule has 0 aromatic rings. The lowest BCUT2D eigenvalue weighted by Crippen LogP contribution is -2.49. The Kier molecular flexibility index (Phi) is 6.35. The van der Waals surface area contributed by atoms with E-state index < -0.39 is 0 Å². The summed E-state index contributed by atoms with van der Waals surface area (Å²) in [4.78, 5) is 0. The van der Waals surface area contributed by atoms with Crippen LogP contribution in [0.5, 0.6) is 0 Å². The highest BCUT2D eigenvalue weighted by atomic mass is 16.3. The SMILES string of the molecule is CC[C@H](CC[C@@H](C)[C@H]1CC[C@H]2[C@@H]3C=CC4=CC(O)CC[C@]4(C)[C@H]3CC[C@]12C)C(C)C. The Morgan fingerprint density at radius 1 is 1.00 bits per heavy atom. The number of aliphatic hydroxyl groups is 1. The summed E-state index contributed by atoms with van der Waals surface area (Å²) in [5.41, 5.74) is 2.28. The van der Waals surface area contributed by atoms with Crippen molar-refractivity contribution in [2.45, 2.75) is 105 Å². The topological polar surface area (TPSA) is 20.2 Å². The van der Waals surface area contributed by atoms with Gasteiger partial charge in [-0.05, 0) is 103 Å². The summed E-state index contributed by atoms with van der Waals surface area (Å²) in [6.45, 7) is 15.0. The number of fused-ring (bicyclic) bond motifs is 5. The Hall–Kier alpha value is -0.560. The minimum Gasteiger partial charge on any atom is -0.389 e. The molecule has 2 saturated carbocycles. The summed E-state index contributed by atoms with van der Waals surface area (Å²) in [5.74, 6) is 5.94. The molecule has 30 heavy (non-hydrogen) atoms. The smallest absolute Gasteiger partial charge is 0.0727 e. The van der Waals surface area contributed by atoms with Crippen LogP contribution in [0.2, 0.25) is 0 Å². The molecule has 0 heterocycles. The van der Waals surface area contributed by atoms with Crippen LogP contribution in [-0.4, -0.2) is 11.2 Å². The maximum absolute atomic E-state index is 10.2. The third kappa shape index (κ3) is 3.66. The maximum Gasteiger partial charge on any atom is 0.0727 e. The predicted molar refractivity (Wildman–Crippen MR) is 128 cm³/mol. The molecule has 1 nitrogen and oxygen atoms in total. The zero-order valence-electron chi connectivity index (χ0n) is 20.7. The minimum atomic E-state index is -0.224. The average Bonchev–Trinajstić information content (AvgIpc) is 3.06. The van der Waals surface area contributed by atoms with Crippen LogP contribution in [-0.2, 0) is 0 Å². The normalized spacial score (nSPS) is 44.8. The molecular formula is C29H48O. The van der Waals surface area contributed by atoms with E-state index in [1.807, 2.05) is 0 Å². The molecule has 4 rings (SSSR count). The summed E-state index contributed by atoms with van der Waals surface area (Å²) < 4.78 is 0. The zero-order valence-corrected chi connectivity index (χ0v) is 20.7. The molecular weight excluding hydrogens is 364 g/mol. The summed E-state index contributed by atoms with van der Waals surface area (Å²) in [6.07, 6.45) is 19.0. The molecule has 0 bridgehead atoms. The summed E-state index contributed by atoms with van der Waals surface area (Å²) in [5, 5.41) is 10.2. The lowest BCUT2D eigenvalue weighted by atomic mass is 9.48. The summed E-state index contributed by atoms with van der Waals surface area (Å²) in [6, 6.07) is 0. The van der Waals surface area contributed by atoms with Crippen molar-refractivity contribution in [2.24, 2.45) is 52.3 Å². The zero-order chi connectivity index (χ0) is 21.7. The van der Waals surface area contributed by atoms with Gasteiger partial charge in [0, 0.05) is 0 Å². The van der Waals surface area contributed by atoms with Crippen molar-refractivity contribution < 1.29 is 5.11 Å². The van der Waals surface area contributed by atoms with Gasteiger partial charge in [0.2, 0.25) is 0 Å². The Balaban J connectivity index is 1.50. The molecule has 4 aliphatic carbocycles. The highest BCUT2D eigenvalue weighted by molar-refractivity contribution is 5.36. The molecule has 1 heteroatoms. The van der Waals surface area contributed by atoms with E-state index in [1.165, 1.54) is 56.9 Å². The van der Waals surface area contributed by atoms with Crippen LogP contribution in [0.15, 0.2) is 23.8 Å². The quantitative estimate of drug-likeness (QED) is 0.472. The van der Waals surface area contributed by atoms with Crippen molar-refractivity contribution in [1.82, 2.24) is 0 Å². The van der Waals surface area contributed by atoms with Gasteiger partial charge in [0.25, 0.3) is 0 Å². The predicted octanol–water partition coefficient (Wildman–Crippen LogP) is 7.80. The van der Waals surface area contributed by atoms with Crippen molar-refractivity contribution >= 4 is 0 Å². The number of rotatable bonds is 6. The third-order valence-corrected chi connectivity index (χ3v) is 10.9. The molecule has 2 fully saturated rings. The van der Waals surface area contributed by atoms with Gasteiger partial charge in [-0.2, -0.15) is 0 Å². The molecule has 1 unspecified atom stereocenters. The maximum atomic E-state index is 10.2. The lowest BCUT2D eigenvalue weighted by molar-refractivity contribution is -0.0303. The van der Waals surface area contributed by atoms with E-state index >= 15 is 0 Å². The molecule has 0 amide bonds. The second-order valence-electron chi connectivity index (χ2n) is 12.5. The van der Waals surface area contributed by atoms with Crippen LogP contribution in [0.4, 0.5) is 0 Å². The van der Waals surface area contributed by atoms with Crippen molar-refractivity contribution in [1.29, 1.82) is 0 Å². The van der Waals surface area contributed by atoms with Gasteiger partial charge in [-0.1, -0.05) is 72.6 Å². The van der Waals surface area contributed by atoms with Gasteiger partial charge in [-0.25, -0.2) is 0 Å². The minimum absolute atomic E-state index is 0.224. The molecule has 170 valence electrons. The van der Waals surface area contributed by atoms with Gasteiger partial charge in [0.05, 0.1) is 6.10 Å². The van der Waals surface area contributed by atoms with E-state index in [0.29, 0.717) is 10.8 Å². The van der Waals surface area contributed by atoms with Crippen LogP contribution in [0.3, 0.4) is 0 Å². The summed E-state index contributed by atoms with van der Waals surface area (Å²) >= 11 is 0. The molecule has 4 aliphatic rings. The standard InChI is InChI=1S/C29H48O/c1-7-21(19(2)3)9-8-20(4)25-12-13-26-24-11-10-22-18-23(30)14-16-28(22,5)27(24)15-17-29(25,26)6/h10-11,18-21,23-27,30H,7-9,12-17H2,1-6H3/t20-,21-,23?,24+,25-,26+,27+,28+,29-/m1/s1. The van der Waals surface area contributed by atoms with Crippen LogP contribution >= 0.6 is 0 Å². The van der Waals surface area contributed by atoms with Gasteiger partial charge in [0.15, 0.2) is 0 Å². The number of allylic oxidation sites excluding steroid dienone is 3. The summed E-state index contributed by atoms with van der Waals surface area (Å²) in [7, 11) is 0. The monoisotopic (exact) mass is 412 g/mol. The largest absolute Gasteiger partial charge is 0.389 e. The Morgan fingerprint density at radius 3 is 2.47 bits per heavy atom. The fourth-order valence-corrected chi connectivity index (χ4v) is 8.80. The molecule has 0 aliphatic heterocycles. The average molecular weight is 413 g/mol. The van der Waals surface area contributed by atoms with Crippen molar-refractivity contribution in [3.8, 4) is 0 Å². The van der Waals surface area contributed by atoms with Crippen LogP contribution in [0, 0.1) is 52.3 Å². The van der Waals surface area contributed by atoms with Gasteiger partial charge in [-0.3, -0.25) is 0 Å². The number of hydrogen-bond donors (Lipinski definition) is 1. The van der Waals surface area contributed by atoms with E-state index in [0.717, 1.165) is 47.8 Å². The fraction of sp³-hybridized carbons (Fsp3) is 0.862. The lowest BCUT2D eigenvalue weighted by Gasteiger charge is -2.57. The third-order valence-electron chi connectivity index (χ3n) is 10.9. The van der Waals surface area contributed by atoms with Gasteiger partial charge in [-0.15, -0.1) is 0 Å². The first-order valence-corrected chi connectivity index (χ1v) is 13.3. The van der Waals surface area contributed by atoms with Gasteiger partial charge < -0.3 is 5.11 Å². The molecule has 1 N–H and O–H groups in total. The second-order valence-corrected chi connectivity index (χ2v) is 12.5. The van der Waals surface area contributed by atoms with E-state index in [-0.39, 0.29) is 6.10 Å². The van der Waals surface area contributed by atoms with Crippen molar-refractivity contribution in [2.75, 3.05) is 0 Å². The van der Waals surface area contributed by atoms with Gasteiger partial charge >= 0.3 is 0 Å². The first-order valence-electron chi connectivity index (χ1n) is 13.3. The molecule has 0 spiro atoms. The Bertz CT molecular complexity index is 674.